The highest BCUT2D eigenvalue weighted by atomic mass is 79.9. The van der Waals surface area contributed by atoms with Crippen molar-refractivity contribution >= 4 is 27.9 Å². The van der Waals surface area contributed by atoms with Crippen molar-refractivity contribution in [2.24, 2.45) is 0 Å². The van der Waals surface area contributed by atoms with E-state index in [1.165, 1.54) is 25.2 Å². The fourth-order valence-corrected chi connectivity index (χ4v) is 4.46. The van der Waals surface area contributed by atoms with E-state index in [0.717, 1.165) is 11.6 Å². The molecule has 2 aromatic carbocycles. The topological polar surface area (TPSA) is 65.1 Å². The van der Waals surface area contributed by atoms with Crippen molar-refractivity contribution in [3.8, 4) is 0 Å². The van der Waals surface area contributed by atoms with Gasteiger partial charge in [-0.25, -0.2) is 18.5 Å². The van der Waals surface area contributed by atoms with Crippen LogP contribution in [0, 0.1) is 11.6 Å². The van der Waals surface area contributed by atoms with Crippen LogP contribution in [-0.2, 0) is 31.2 Å². The Kier molecular flexibility index (Phi) is 8.56. The molecule has 0 radical (unpaired) electrons. The molecule has 0 N–H and O–H groups in total. The minimum absolute atomic E-state index is 0.0725. The second kappa shape index (κ2) is 11.2. The summed E-state index contributed by atoms with van der Waals surface area (Å²) in [5, 5.41) is 0. The molecule has 2 amide bonds. The molecule has 9 heteroatoms. The smallest absolute Gasteiger partial charge is 0.416 e. The molecular weight excluding hydrogens is 500 g/mol. The number of unbranched alkanes of at least 4 members (excludes halogenated alkanes) is 1. The van der Waals surface area contributed by atoms with Crippen LogP contribution in [0.15, 0.2) is 46.9 Å². The number of rotatable bonds is 10. The lowest BCUT2D eigenvalue weighted by Crippen LogP contribution is -2.40. The van der Waals surface area contributed by atoms with Gasteiger partial charge in [0.2, 0.25) is 5.91 Å². The molecule has 0 bridgehead atoms. The zero-order valence-electron chi connectivity index (χ0n) is 18.5. The van der Waals surface area contributed by atoms with Gasteiger partial charge in [-0.3, -0.25) is 4.79 Å². The van der Waals surface area contributed by atoms with E-state index in [1.807, 2.05) is 30.3 Å². The molecule has 178 valence electrons. The molecule has 1 aliphatic rings. The molecule has 1 heterocycles. The van der Waals surface area contributed by atoms with Crippen LogP contribution in [0.25, 0.3) is 0 Å². The lowest BCUT2D eigenvalue weighted by Gasteiger charge is -2.32. The number of imide groups is 1. The van der Waals surface area contributed by atoms with E-state index >= 15 is 0 Å². The van der Waals surface area contributed by atoms with Gasteiger partial charge >= 0.3 is 6.09 Å². The lowest BCUT2D eigenvalue weighted by atomic mass is 9.97. The highest BCUT2D eigenvalue weighted by Gasteiger charge is 2.38. The van der Waals surface area contributed by atoms with Crippen LogP contribution >= 0.6 is 15.9 Å². The quantitative estimate of drug-likeness (QED) is 0.238. The number of hydrogen-bond donors (Lipinski definition) is 0. The summed E-state index contributed by atoms with van der Waals surface area (Å²) in [6.45, 7) is 0.156. The summed E-state index contributed by atoms with van der Waals surface area (Å²) >= 11 is 3.16. The van der Waals surface area contributed by atoms with Gasteiger partial charge in [0.1, 0.15) is 6.61 Å². The molecule has 2 aromatic rings. The van der Waals surface area contributed by atoms with Crippen LogP contribution in [0.5, 0.6) is 0 Å². The monoisotopic (exact) mass is 525 g/mol. The number of amides is 2. The van der Waals surface area contributed by atoms with Crippen molar-refractivity contribution in [1.29, 1.82) is 0 Å². The second-order valence-electron chi connectivity index (χ2n) is 7.80. The number of benzene rings is 2. The Morgan fingerprint density at radius 1 is 1.18 bits per heavy atom. The molecule has 0 unspecified atom stereocenters. The summed E-state index contributed by atoms with van der Waals surface area (Å²) in [5.74, 6) is -3.93. The minimum atomic E-state index is -1.51. The third-order valence-electron chi connectivity index (χ3n) is 5.75. The Bertz CT molecular complexity index is 984. The van der Waals surface area contributed by atoms with Crippen molar-refractivity contribution in [3.63, 3.8) is 0 Å². The Hall–Kier alpha value is -2.36. The number of cyclic esters (lactones) is 1. The van der Waals surface area contributed by atoms with Crippen LogP contribution in [0.2, 0.25) is 0 Å². The van der Waals surface area contributed by atoms with Crippen molar-refractivity contribution in [3.05, 3.63) is 69.7 Å². The summed E-state index contributed by atoms with van der Waals surface area (Å²) < 4.78 is 44.8. The zero-order valence-corrected chi connectivity index (χ0v) is 20.1. The van der Waals surface area contributed by atoms with Crippen molar-refractivity contribution in [1.82, 2.24) is 4.90 Å². The summed E-state index contributed by atoms with van der Waals surface area (Å²) in [6.07, 6.45) is 0.955. The van der Waals surface area contributed by atoms with Crippen LogP contribution in [0.4, 0.5) is 13.6 Å². The number of halogens is 3. The standard InChI is InChI=1S/C24H26BrF2NO5/c1-31-24(32-2,19-13-17(25)14-20(26)22(19)27)11-7-6-10-21(29)28-18(15-33-23(28)30)12-16-8-4-3-5-9-16/h3-5,8-9,13-14,18H,6-7,10-12,15H2,1-2H3/t18-/m1/s1. The van der Waals surface area contributed by atoms with E-state index in [2.05, 4.69) is 15.9 Å². The van der Waals surface area contributed by atoms with E-state index < -0.39 is 23.5 Å². The van der Waals surface area contributed by atoms with Crippen molar-refractivity contribution in [2.75, 3.05) is 20.8 Å². The van der Waals surface area contributed by atoms with Gasteiger partial charge in [-0.05, 0) is 37.0 Å². The molecule has 1 atom stereocenters. The second-order valence-corrected chi connectivity index (χ2v) is 8.72. The van der Waals surface area contributed by atoms with Gasteiger partial charge in [0.05, 0.1) is 11.6 Å². The molecule has 1 aliphatic heterocycles. The zero-order chi connectivity index (χ0) is 24.0. The number of carbonyl (C=O) groups excluding carboxylic acids is 2. The van der Waals surface area contributed by atoms with Gasteiger partial charge in [0.25, 0.3) is 0 Å². The lowest BCUT2D eigenvalue weighted by molar-refractivity contribution is -0.222. The predicted molar refractivity (Wildman–Crippen MR) is 120 cm³/mol. The number of ether oxygens (including phenoxy) is 3. The summed E-state index contributed by atoms with van der Waals surface area (Å²) in [7, 11) is 2.70. The predicted octanol–water partition coefficient (Wildman–Crippen LogP) is 5.32. The molecule has 1 fully saturated rings. The molecule has 0 aliphatic carbocycles. The Morgan fingerprint density at radius 2 is 1.88 bits per heavy atom. The average Bonchev–Trinajstić information content (AvgIpc) is 3.17. The normalized spacial score (nSPS) is 16.2. The summed E-state index contributed by atoms with van der Waals surface area (Å²) in [4.78, 5) is 26.1. The average molecular weight is 526 g/mol. The largest absolute Gasteiger partial charge is 0.447 e. The van der Waals surface area contributed by atoms with Crippen molar-refractivity contribution in [2.45, 2.75) is 43.9 Å². The number of hydrogen-bond acceptors (Lipinski definition) is 5. The van der Waals surface area contributed by atoms with E-state index in [0.29, 0.717) is 23.7 Å². The van der Waals surface area contributed by atoms with E-state index in [-0.39, 0.29) is 37.0 Å². The first-order chi connectivity index (χ1) is 15.8. The van der Waals surface area contributed by atoms with Gasteiger partial charge in [0, 0.05) is 31.5 Å². The van der Waals surface area contributed by atoms with Crippen LogP contribution < -0.4 is 0 Å². The molecule has 1 saturated heterocycles. The molecule has 33 heavy (non-hydrogen) atoms. The summed E-state index contributed by atoms with van der Waals surface area (Å²) in [5.41, 5.74) is 0.934. The van der Waals surface area contributed by atoms with Gasteiger partial charge < -0.3 is 14.2 Å². The van der Waals surface area contributed by atoms with Gasteiger partial charge in [-0.1, -0.05) is 46.3 Å². The fourth-order valence-electron chi connectivity index (χ4n) is 4.03. The maximum absolute atomic E-state index is 14.5. The Morgan fingerprint density at radius 3 is 2.55 bits per heavy atom. The third-order valence-corrected chi connectivity index (χ3v) is 6.21. The minimum Gasteiger partial charge on any atom is -0.447 e. The Labute approximate surface area is 199 Å². The third kappa shape index (κ3) is 5.77. The van der Waals surface area contributed by atoms with Gasteiger partial charge in [-0.15, -0.1) is 0 Å². The molecule has 0 saturated carbocycles. The van der Waals surface area contributed by atoms with E-state index in [9.17, 15) is 18.4 Å². The number of methoxy groups -OCH3 is 2. The number of carbonyl (C=O) groups is 2. The van der Waals surface area contributed by atoms with Crippen LogP contribution in [0.1, 0.15) is 36.8 Å². The first-order valence-corrected chi connectivity index (χ1v) is 11.4. The van der Waals surface area contributed by atoms with Gasteiger partial charge in [-0.2, -0.15) is 0 Å². The fraction of sp³-hybridized carbons (Fsp3) is 0.417. The van der Waals surface area contributed by atoms with E-state index in [1.54, 1.807) is 0 Å². The van der Waals surface area contributed by atoms with Gasteiger partial charge in [0.15, 0.2) is 17.4 Å². The first kappa shape index (κ1) is 25.3. The maximum Gasteiger partial charge on any atom is 0.416 e. The SMILES string of the molecule is COC(CCCCC(=O)N1C(=O)OC[C@H]1Cc1ccccc1)(OC)c1cc(Br)cc(F)c1F. The van der Waals surface area contributed by atoms with Crippen LogP contribution in [-0.4, -0.2) is 43.8 Å². The van der Waals surface area contributed by atoms with E-state index in [4.69, 9.17) is 14.2 Å². The van der Waals surface area contributed by atoms with Crippen LogP contribution in [0.3, 0.4) is 0 Å². The first-order valence-electron chi connectivity index (χ1n) is 10.6. The molecule has 0 spiro atoms. The Balaban J connectivity index is 1.61. The molecule has 6 nitrogen and oxygen atoms in total. The highest BCUT2D eigenvalue weighted by Crippen LogP contribution is 2.36. The molecule has 0 aromatic heterocycles. The molecule has 3 rings (SSSR count). The maximum atomic E-state index is 14.5. The number of nitrogens with zero attached hydrogens (tertiary/aromatic N) is 1. The highest BCUT2D eigenvalue weighted by molar-refractivity contribution is 9.10. The summed E-state index contributed by atoms with van der Waals surface area (Å²) in [6, 6.07) is 11.6. The molecular formula is C24H26BrF2NO5. The van der Waals surface area contributed by atoms with Crippen molar-refractivity contribution < 1.29 is 32.6 Å².